The van der Waals surface area contributed by atoms with Crippen LogP contribution in [0.1, 0.15) is 13.8 Å². The maximum absolute atomic E-state index is 12.6. The highest BCUT2D eigenvalue weighted by atomic mass is 16.6. The van der Waals surface area contributed by atoms with Crippen molar-refractivity contribution in [3.63, 3.8) is 0 Å². The number of benzene rings is 1. The molecule has 1 N–H and O–H groups in total. The number of ether oxygens (including phenoxy) is 1. The number of carbonyl (C=O) groups is 1. The molecule has 1 aliphatic rings. The van der Waals surface area contributed by atoms with Gasteiger partial charge in [0.1, 0.15) is 5.69 Å². The predicted octanol–water partition coefficient (Wildman–Crippen LogP) is 2.52. The lowest BCUT2D eigenvalue weighted by atomic mass is 10.2. The molecule has 1 saturated heterocycles. The number of piperazine rings is 1. The number of hydrogen-bond acceptors (Lipinski definition) is 6. The summed E-state index contributed by atoms with van der Waals surface area (Å²) in [5, 5.41) is 23.8. The Morgan fingerprint density at radius 1 is 1.28 bits per heavy atom. The highest BCUT2D eigenvalue weighted by molar-refractivity contribution is 5.94. The van der Waals surface area contributed by atoms with Crippen molar-refractivity contribution in [1.82, 2.24) is 9.80 Å². The van der Waals surface area contributed by atoms with Crippen LogP contribution < -0.4 is 10.2 Å². The van der Waals surface area contributed by atoms with Crippen LogP contribution in [0.2, 0.25) is 0 Å². The highest BCUT2D eigenvalue weighted by Gasteiger charge is 2.25. The maximum Gasteiger partial charge on any atom is 0.415 e. The molecule has 1 fully saturated rings. The van der Waals surface area contributed by atoms with Crippen molar-refractivity contribution in [3.8, 4) is 5.75 Å². The summed E-state index contributed by atoms with van der Waals surface area (Å²) >= 11 is 0. The molecule has 1 amide bonds. The summed E-state index contributed by atoms with van der Waals surface area (Å²) in [5.41, 5.74) is 2.58. The zero-order valence-corrected chi connectivity index (χ0v) is 14.7. The van der Waals surface area contributed by atoms with Gasteiger partial charge >= 0.3 is 6.09 Å². The van der Waals surface area contributed by atoms with Crippen LogP contribution in [0.4, 0.5) is 16.2 Å². The van der Waals surface area contributed by atoms with Crippen molar-refractivity contribution in [2.24, 2.45) is 0 Å². The fraction of sp³-hybridized carbons (Fsp3) is 0.412. The molecular formula is C17H23N4O4-. The van der Waals surface area contributed by atoms with E-state index < -0.39 is 6.09 Å². The predicted molar refractivity (Wildman–Crippen MR) is 97.3 cm³/mol. The number of nitrogens with zero attached hydrogens (tertiary/aromatic N) is 3. The number of likely N-dealkylation sites (N-methyl/N-ethyl adjacent to an activating group) is 1. The molecule has 1 aromatic rings. The number of nitrogens with one attached hydrogen (secondary N) is 1. The molecule has 0 spiro atoms. The number of anilines is 1. The van der Waals surface area contributed by atoms with Gasteiger partial charge in [0, 0.05) is 38.7 Å². The van der Waals surface area contributed by atoms with Crippen LogP contribution in [0.25, 0.3) is 0 Å². The normalized spacial score (nSPS) is 16.2. The van der Waals surface area contributed by atoms with Crippen molar-refractivity contribution in [1.29, 1.82) is 0 Å². The molecule has 1 aromatic carbocycles. The molecule has 0 radical (unpaired) electrons. The van der Waals surface area contributed by atoms with E-state index in [0.717, 1.165) is 13.1 Å². The first-order chi connectivity index (χ1) is 11.8. The summed E-state index contributed by atoms with van der Waals surface area (Å²) in [7, 11) is 1.98. The summed E-state index contributed by atoms with van der Waals surface area (Å²) in [4.78, 5) is 16.1. The number of hydrogen-bond donors (Lipinski definition) is 1. The molecule has 0 atom stereocenters. The molecule has 0 aromatic heterocycles. The van der Waals surface area contributed by atoms with Crippen LogP contribution in [-0.2, 0) is 0 Å². The van der Waals surface area contributed by atoms with Gasteiger partial charge in [-0.25, -0.2) is 4.79 Å². The van der Waals surface area contributed by atoms with Crippen molar-refractivity contribution in [2.75, 3.05) is 38.7 Å². The minimum Gasteiger partial charge on any atom is -0.761 e. The van der Waals surface area contributed by atoms with E-state index in [1.165, 1.54) is 12.1 Å². The Morgan fingerprint density at radius 3 is 2.48 bits per heavy atom. The van der Waals surface area contributed by atoms with Gasteiger partial charge in [-0.05, 0) is 26.1 Å². The van der Waals surface area contributed by atoms with E-state index in [1.807, 2.05) is 7.05 Å². The van der Waals surface area contributed by atoms with E-state index >= 15 is 0 Å². The topological polar surface area (TPSA) is 93.9 Å². The van der Waals surface area contributed by atoms with Crippen LogP contribution in [0, 0.1) is 10.4 Å². The first-order valence-electron chi connectivity index (χ1n) is 7.98. The van der Waals surface area contributed by atoms with Gasteiger partial charge in [0.05, 0.1) is 0 Å². The second-order valence-electron chi connectivity index (χ2n) is 6.07. The first kappa shape index (κ1) is 18.8. The van der Waals surface area contributed by atoms with Crippen molar-refractivity contribution >= 4 is 23.2 Å². The van der Waals surface area contributed by atoms with E-state index in [-0.39, 0.29) is 17.1 Å². The number of carbonyl (C=O) groups excluding carboxylic acids is 1. The van der Waals surface area contributed by atoms with E-state index in [4.69, 9.17) is 4.74 Å². The minimum atomic E-state index is -0.543. The zero-order valence-electron chi connectivity index (χ0n) is 14.7. The summed E-state index contributed by atoms with van der Waals surface area (Å²) in [6, 6.07) is 4.48. The standard InChI is InChI=1S/C17H23N4O4/c1-12(2)13(3)21(24)16-14(18-23)6-5-7-15(16)25-17(22)20-10-8-19(4)9-11-20/h5-7,18H,1,8-11H2,2-4H3/q-1. The second kappa shape index (κ2) is 8.00. The second-order valence-corrected chi connectivity index (χ2v) is 6.07. The van der Waals surface area contributed by atoms with E-state index in [2.05, 4.69) is 11.5 Å². The van der Waals surface area contributed by atoms with Gasteiger partial charge in [0.2, 0.25) is 5.75 Å². The molecule has 1 heterocycles. The monoisotopic (exact) mass is 347 g/mol. The Bertz CT molecular complexity index is 694. The molecule has 2 rings (SSSR count). The largest absolute Gasteiger partial charge is 0.761 e. The quantitative estimate of drug-likeness (QED) is 0.389. The molecule has 25 heavy (non-hydrogen) atoms. The Kier molecular flexibility index (Phi) is 6.00. The summed E-state index contributed by atoms with van der Waals surface area (Å²) in [6.45, 7) is 9.59. The van der Waals surface area contributed by atoms with E-state index in [9.17, 15) is 15.2 Å². The third-order valence-corrected chi connectivity index (χ3v) is 4.19. The lowest BCUT2D eigenvalue weighted by Gasteiger charge is -2.31. The molecular weight excluding hydrogens is 324 g/mol. The summed E-state index contributed by atoms with van der Waals surface area (Å²) in [5.74, 6) is 0.0281. The summed E-state index contributed by atoms with van der Waals surface area (Å²) in [6.07, 6.45) is -0.543. The fourth-order valence-corrected chi connectivity index (χ4v) is 2.39. The molecule has 0 aliphatic carbocycles. The lowest BCUT2D eigenvalue weighted by molar-refractivity contribution is -0.360. The lowest BCUT2D eigenvalue weighted by Crippen LogP contribution is -2.48. The van der Waals surface area contributed by atoms with Crippen molar-refractivity contribution in [2.45, 2.75) is 13.8 Å². The zero-order chi connectivity index (χ0) is 18.6. The molecule has 1 aliphatic heterocycles. The molecule has 8 nitrogen and oxygen atoms in total. The van der Waals surface area contributed by atoms with Crippen LogP contribution in [0.5, 0.6) is 5.75 Å². The van der Waals surface area contributed by atoms with Crippen LogP contribution in [0.3, 0.4) is 0 Å². The molecule has 0 unspecified atom stereocenters. The minimum absolute atomic E-state index is 0.0271. The molecule has 136 valence electrons. The average molecular weight is 347 g/mol. The Morgan fingerprint density at radius 2 is 1.92 bits per heavy atom. The van der Waals surface area contributed by atoms with Crippen LogP contribution in [-0.4, -0.2) is 59.6 Å². The number of allylic oxidation sites excluding steroid dienone is 1. The van der Waals surface area contributed by atoms with Gasteiger partial charge < -0.3 is 30.4 Å². The number of amides is 1. The maximum atomic E-state index is 12.6. The fourth-order valence-electron chi connectivity index (χ4n) is 2.39. The van der Waals surface area contributed by atoms with Gasteiger partial charge in [-0.2, -0.15) is 4.74 Å². The third kappa shape index (κ3) is 4.28. The number of rotatable bonds is 4. The third-order valence-electron chi connectivity index (χ3n) is 4.19. The van der Waals surface area contributed by atoms with E-state index in [1.54, 1.807) is 30.3 Å². The van der Waals surface area contributed by atoms with Crippen molar-refractivity contribution in [3.05, 3.63) is 40.8 Å². The van der Waals surface area contributed by atoms with Crippen LogP contribution in [0.15, 0.2) is 30.4 Å². The van der Waals surface area contributed by atoms with Gasteiger partial charge in [-0.3, -0.25) is 0 Å². The molecule has 0 bridgehead atoms. The van der Waals surface area contributed by atoms with Crippen LogP contribution >= 0.6 is 0 Å². The first-order valence-corrected chi connectivity index (χ1v) is 7.98. The van der Waals surface area contributed by atoms with Gasteiger partial charge in [0.15, 0.2) is 5.71 Å². The van der Waals surface area contributed by atoms with Gasteiger partial charge in [-0.1, -0.05) is 12.6 Å². The molecule has 8 heteroatoms. The van der Waals surface area contributed by atoms with Gasteiger partial charge in [0.25, 0.3) is 5.69 Å². The van der Waals surface area contributed by atoms with Gasteiger partial charge in [-0.15, -0.1) is 0 Å². The summed E-state index contributed by atoms with van der Waals surface area (Å²) < 4.78 is 5.97. The van der Waals surface area contributed by atoms with E-state index in [0.29, 0.717) is 29.1 Å². The Balaban J connectivity index is 2.33. The highest BCUT2D eigenvalue weighted by Crippen LogP contribution is 2.35. The molecule has 0 saturated carbocycles. The Labute approximate surface area is 147 Å². The number of para-hydroxylation sites is 1. The average Bonchev–Trinajstić information content (AvgIpc) is 2.60. The van der Waals surface area contributed by atoms with Crippen molar-refractivity contribution < 1.29 is 14.3 Å². The smallest absolute Gasteiger partial charge is 0.415 e. The SMILES string of the molecule is C=C(C)C(C)=[N+]([O-])c1c(N[O-])cccc1OC(=O)N1CCN(C)CC1. The Hall–Kier alpha value is -2.58.